The van der Waals surface area contributed by atoms with Crippen LogP contribution in [0, 0.1) is 13.8 Å². The summed E-state index contributed by atoms with van der Waals surface area (Å²) in [6.45, 7) is 51.5. The fraction of sp³-hybridized carbons (Fsp3) is 0.234. The Morgan fingerprint density at radius 2 is 0.542 bits per heavy atom. The molecule has 10 aromatic rings. The summed E-state index contributed by atoms with van der Waals surface area (Å²) in [4.78, 5) is 74.8. The number of carbonyl (C=O) groups is 6. The molecule has 0 fully saturated rings. The number of phenols is 4. The third-order valence-corrected chi connectivity index (χ3v) is 22.4. The molecule has 2 heterocycles. The van der Waals surface area contributed by atoms with E-state index in [1.165, 1.54) is 38.2 Å². The molecule has 0 saturated heterocycles. The minimum Gasteiger partial charge on any atom is -0.508 e. The number of imide groups is 2. The van der Waals surface area contributed by atoms with Gasteiger partial charge in [-0.3, -0.25) is 28.8 Å². The summed E-state index contributed by atoms with van der Waals surface area (Å²) >= 11 is 0. The number of rotatable bonds is 32. The molecule has 0 bridgehead atoms. The molecule has 0 atom stereocenters. The van der Waals surface area contributed by atoms with E-state index in [-0.39, 0.29) is 69.7 Å². The highest BCUT2D eigenvalue weighted by Crippen LogP contribution is 2.46. The maximum absolute atomic E-state index is 12.5. The van der Waals surface area contributed by atoms with E-state index in [1.54, 1.807) is 103 Å². The Morgan fingerprint density at radius 3 is 0.855 bits per heavy atom. The summed E-state index contributed by atoms with van der Waals surface area (Å²) in [6, 6.07) is 55.4. The Morgan fingerprint density at radius 1 is 0.305 bits per heavy atom. The summed E-state index contributed by atoms with van der Waals surface area (Å²) in [6.07, 6.45) is 14.8. The molecule has 24 nitrogen and oxygen atoms in total. The fourth-order valence-corrected chi connectivity index (χ4v) is 14.2. The molecule has 0 radical (unpaired) electrons. The van der Waals surface area contributed by atoms with Crippen molar-refractivity contribution in [2.45, 2.75) is 124 Å². The molecule has 0 aromatic heterocycles. The smallest absolute Gasteiger partial charge is 0.258 e. The van der Waals surface area contributed by atoms with Crippen molar-refractivity contribution in [2.75, 3.05) is 83.0 Å². The lowest BCUT2D eigenvalue weighted by molar-refractivity contribution is -0.121. The van der Waals surface area contributed by atoms with Gasteiger partial charge in [0.05, 0.1) is 45.5 Å². The molecule has 12 rings (SSSR count). The predicted octanol–water partition coefficient (Wildman–Crippen LogP) is 20.0. The van der Waals surface area contributed by atoms with Crippen LogP contribution in [0.5, 0.6) is 57.5 Å². The van der Waals surface area contributed by atoms with Gasteiger partial charge < -0.3 is 82.4 Å². The van der Waals surface area contributed by atoms with Crippen molar-refractivity contribution in [3.63, 3.8) is 0 Å². The summed E-state index contributed by atoms with van der Waals surface area (Å²) in [5.74, 6) is 1.74. The number of aromatic hydroxyl groups is 4. The second-order valence-electron chi connectivity index (χ2n) is 33.6. The second kappa shape index (κ2) is 44.3. The van der Waals surface area contributed by atoms with Crippen molar-refractivity contribution in [1.29, 1.82) is 0 Å². The van der Waals surface area contributed by atoms with Crippen LogP contribution >= 0.6 is 0 Å². The van der Waals surface area contributed by atoms with Crippen molar-refractivity contribution in [3.05, 3.63) is 349 Å². The minimum absolute atomic E-state index is 0.0386. The number of nitrogens with two attached hydrogens (primary N) is 4. The number of carbonyl (C=O) groups excluding carboxylic acids is 6. The van der Waals surface area contributed by atoms with Crippen molar-refractivity contribution in [1.82, 2.24) is 0 Å². The number of anilines is 8. The highest BCUT2D eigenvalue weighted by molar-refractivity contribution is 6.29. The van der Waals surface area contributed by atoms with Gasteiger partial charge in [0.15, 0.2) is 0 Å². The van der Waals surface area contributed by atoms with Gasteiger partial charge in [-0.1, -0.05) is 218 Å². The zero-order valence-corrected chi connectivity index (χ0v) is 77.0. The molecular formula is C107H120N8O16. The van der Waals surface area contributed by atoms with E-state index < -0.39 is 29.0 Å². The minimum atomic E-state index is -0.685. The molecule has 14 N–H and O–H groups in total. The van der Waals surface area contributed by atoms with Crippen LogP contribution in [0.4, 0.5) is 45.5 Å². The van der Waals surface area contributed by atoms with Gasteiger partial charge in [-0.05, 0) is 190 Å². The summed E-state index contributed by atoms with van der Waals surface area (Å²) in [5.41, 5.74) is 37.2. The molecule has 0 spiro atoms. The van der Waals surface area contributed by atoms with Crippen LogP contribution in [-0.4, -0.2) is 95.5 Å². The van der Waals surface area contributed by atoms with Gasteiger partial charge >= 0.3 is 0 Å². The Hall–Kier alpha value is -15.5. The zero-order chi connectivity index (χ0) is 96.6. The van der Waals surface area contributed by atoms with Crippen LogP contribution in [0.2, 0.25) is 0 Å². The van der Waals surface area contributed by atoms with E-state index in [0.29, 0.717) is 101 Å². The lowest BCUT2D eigenvalue weighted by Crippen LogP contribution is -2.31. The maximum Gasteiger partial charge on any atom is 0.258 e. The normalized spacial score (nSPS) is 12.2. The Balaban J connectivity index is 0.000000206. The number of nitrogens with one attached hydrogen (secondary N) is 2. The number of aryl methyl sites for hydroxylation is 2. The quantitative estimate of drug-likeness (QED) is 0.00810. The molecule has 6 amide bonds. The number of nitrogens with zero attached hydrogens (tertiary/aromatic N) is 2. The van der Waals surface area contributed by atoms with Crippen molar-refractivity contribution in [2.24, 2.45) is 0 Å². The molecule has 24 heteroatoms. The third kappa shape index (κ3) is 25.1. The van der Waals surface area contributed by atoms with Gasteiger partial charge in [0, 0.05) is 65.2 Å². The molecule has 2 aliphatic rings. The van der Waals surface area contributed by atoms with Crippen molar-refractivity contribution >= 4 is 80.9 Å². The standard InChI is InChI=1S/C29H26N2O6.C24H29NO3.C21H26N2O2.C18H21NO3.C15H18N2O2/c1-5-15-36-23-9-7-19(17-21(23)30-25(32)11-12-26(30)33)29(3,4)20-8-10-24(37-16-6-2)22(18-20)31-27(34)13-14-28(31)35;1-7-13-27-22-11-9-19(15-17(22)3)24(5,6)20-10-12-23(28-14-8-2)21(16-20)25-18(4)26;1-5-11-24-19-9-7-15(13-17(19)22)21(3,4)16-8-10-20(18(23)14-16)25-12-6-2;1-11-9-13(5-7-16(11)21)18(3,4)14-6-8-17(22)15(10-14)19-12(2)20;1-15(2,9-3-5-13(18)11(16)7-9)10-4-6-14(19)12(17)8-10/h5-14,17-18H,1-2,15-16H2,3-4H3;7-12,15-16H,1-2,13-14H2,3-6H3,(H,25,26);5-10,13-14H,1-2,11-12,22-23H2,3-4H3;5-10,21-22H,1-4H3,(H,19,20);3-8,18-19H,16-17H2,1-2H3. The molecular weight excluding hydrogens is 1650 g/mol. The number of hydrogen-bond acceptors (Lipinski definition) is 20. The first-order valence-corrected chi connectivity index (χ1v) is 42.2. The molecule has 10 aromatic carbocycles. The van der Waals surface area contributed by atoms with Crippen LogP contribution in [0.1, 0.15) is 150 Å². The SMILES string of the molecule is C=CCOc1ccc(C(C)(C)c2ccc(OCC=C)c(N)c2)cc1N.C=CCOc1ccc(C(C)(C)c2ccc(OCC=C)c(N3C(=O)C=CC3=O)c2)cc1N1C(=O)C=CC1=O.C=CCOc1ccc(C(C)(C)c2ccc(OCC=C)c(NC(C)=O)c2)cc1C.CC(=O)Nc1cc(C(C)(C)c2ccc(O)c(C)c2)ccc1O.CC(C)(c1ccc(O)c(N)c1)c1ccc(O)c(N)c1. The molecule has 0 aliphatic carbocycles. The second-order valence-corrected chi connectivity index (χ2v) is 33.6. The number of amides is 6. The Labute approximate surface area is 767 Å². The largest absolute Gasteiger partial charge is 0.508 e. The van der Waals surface area contributed by atoms with Gasteiger partial charge in [-0.2, -0.15) is 0 Å². The van der Waals surface area contributed by atoms with E-state index in [4.69, 9.17) is 51.4 Å². The molecule has 684 valence electrons. The fourth-order valence-electron chi connectivity index (χ4n) is 14.2. The van der Waals surface area contributed by atoms with E-state index in [1.807, 2.05) is 145 Å². The lowest BCUT2D eigenvalue weighted by atomic mass is 9.77. The Kier molecular flexibility index (Phi) is 34.1. The Bertz CT molecular complexity index is 5760. The van der Waals surface area contributed by atoms with Gasteiger partial charge in [0.1, 0.15) is 97.1 Å². The first-order valence-electron chi connectivity index (χ1n) is 42.2. The number of hydrogen-bond donors (Lipinski definition) is 10. The van der Waals surface area contributed by atoms with E-state index in [2.05, 4.69) is 104 Å². The first-order chi connectivity index (χ1) is 61.9. The predicted molar refractivity (Wildman–Crippen MR) is 525 cm³/mol. The van der Waals surface area contributed by atoms with Gasteiger partial charge in [-0.25, -0.2) is 9.80 Å². The highest BCUT2D eigenvalue weighted by atomic mass is 16.5. The maximum atomic E-state index is 12.5. The summed E-state index contributed by atoms with van der Waals surface area (Å²) < 4.78 is 33.9. The van der Waals surface area contributed by atoms with Crippen LogP contribution in [0.3, 0.4) is 0 Å². The third-order valence-electron chi connectivity index (χ3n) is 22.4. The highest BCUT2D eigenvalue weighted by Gasteiger charge is 2.36. The van der Waals surface area contributed by atoms with Crippen LogP contribution in [-0.2, 0) is 55.8 Å². The lowest BCUT2D eigenvalue weighted by Gasteiger charge is -2.30. The van der Waals surface area contributed by atoms with Crippen LogP contribution < -0.4 is 71.8 Å². The average molecular weight is 1770 g/mol. The van der Waals surface area contributed by atoms with Gasteiger partial charge in [0.25, 0.3) is 23.6 Å². The number of ether oxygens (including phenoxy) is 6. The average Bonchev–Trinajstić information content (AvgIpc) is 1.76. The van der Waals surface area contributed by atoms with Crippen molar-refractivity contribution in [3.8, 4) is 57.5 Å². The van der Waals surface area contributed by atoms with Crippen molar-refractivity contribution < 1.29 is 77.6 Å². The summed E-state index contributed by atoms with van der Waals surface area (Å²) in [5, 5.41) is 44.0. The van der Waals surface area contributed by atoms with E-state index in [0.717, 1.165) is 82.3 Å². The van der Waals surface area contributed by atoms with Gasteiger partial charge in [0.2, 0.25) is 11.8 Å². The molecule has 0 saturated carbocycles. The van der Waals surface area contributed by atoms with E-state index >= 15 is 0 Å². The van der Waals surface area contributed by atoms with E-state index in [9.17, 15) is 49.2 Å². The van der Waals surface area contributed by atoms with Crippen LogP contribution in [0.15, 0.2) is 282 Å². The van der Waals surface area contributed by atoms with Crippen LogP contribution in [0.25, 0.3) is 0 Å². The number of phenolic OH excluding ortho intramolecular Hbond substituents is 4. The number of benzene rings is 10. The van der Waals surface area contributed by atoms with Gasteiger partial charge in [-0.15, -0.1) is 0 Å². The zero-order valence-electron chi connectivity index (χ0n) is 77.0. The summed E-state index contributed by atoms with van der Waals surface area (Å²) in [7, 11) is 0. The molecule has 131 heavy (non-hydrogen) atoms. The first kappa shape index (κ1) is 101. The molecule has 0 unspecified atom stereocenters. The molecule has 2 aliphatic heterocycles. The number of nitrogen functional groups attached to an aromatic ring is 4. The topological polar surface area (TPSA) is 373 Å². The monoisotopic (exact) mass is 1770 g/mol.